The second kappa shape index (κ2) is 16.2. The van der Waals surface area contributed by atoms with Crippen LogP contribution in [0, 0.1) is 0 Å². The minimum Gasteiger partial charge on any atom is -0.487 e. The van der Waals surface area contributed by atoms with Gasteiger partial charge in [-0.1, -0.05) is 0 Å². The molecule has 0 radical (unpaired) electrons. The molecule has 0 saturated heterocycles. The number of nitrogens with one attached hydrogen (secondary N) is 1. The fraction of sp³-hybridized carbons (Fsp3) is 0.727. The quantitative estimate of drug-likeness (QED) is 0.474. The van der Waals surface area contributed by atoms with Gasteiger partial charge in [-0.05, 0) is 31.1 Å². The average Bonchev–Trinajstić information content (AvgIpc) is 2.81. The molecule has 1 aliphatic rings. The second-order valence-corrected chi connectivity index (χ2v) is 11.0. The minimum atomic E-state index is -2.04. The second-order valence-electron chi connectivity index (χ2n) is 7.38. The van der Waals surface area contributed by atoms with Crippen LogP contribution in [-0.2, 0) is 27.8 Å². The lowest BCUT2D eigenvalue weighted by Crippen LogP contribution is -2.36. The van der Waals surface area contributed by atoms with Crippen LogP contribution < -0.4 is 14.8 Å². The first kappa shape index (κ1) is 26.8. The Labute approximate surface area is 192 Å². The lowest BCUT2D eigenvalue weighted by molar-refractivity contribution is -0.00841. The molecule has 9 nitrogen and oxygen atoms in total. The van der Waals surface area contributed by atoms with Crippen LogP contribution in [0.5, 0.6) is 11.5 Å². The van der Waals surface area contributed by atoms with E-state index in [1.54, 1.807) is 14.2 Å². The van der Waals surface area contributed by atoms with Gasteiger partial charge in [-0.25, -0.2) is 0 Å². The van der Waals surface area contributed by atoms with Crippen molar-refractivity contribution < 1.29 is 37.3 Å². The minimum absolute atomic E-state index is 0.422. The highest BCUT2D eigenvalue weighted by Crippen LogP contribution is 2.30. The van der Waals surface area contributed by atoms with Crippen molar-refractivity contribution in [2.45, 2.75) is 19.0 Å². The van der Waals surface area contributed by atoms with Gasteiger partial charge in [0.15, 0.2) is 11.5 Å². The Kier molecular flexibility index (Phi) is 13.6. The molecule has 0 fully saturated rings. The van der Waals surface area contributed by atoms with E-state index in [1.807, 2.05) is 18.2 Å². The fourth-order valence-electron chi connectivity index (χ4n) is 2.96. The highest BCUT2D eigenvalue weighted by molar-refractivity contribution is 6.65. The molecule has 1 heterocycles. The highest BCUT2D eigenvalue weighted by atomic mass is 28.4. The third-order valence-corrected chi connectivity index (χ3v) is 8.02. The molecule has 1 aliphatic heterocycles. The van der Waals surface area contributed by atoms with E-state index in [4.69, 9.17) is 37.3 Å². The van der Waals surface area contributed by atoms with E-state index in [2.05, 4.69) is 11.9 Å². The SMILES string of the molecule is CO[Si](C)(CCCNc1ccc2c(c1)OCCOCCOCCOCCOCCO2)OC. The van der Waals surface area contributed by atoms with Gasteiger partial charge in [-0.3, -0.25) is 0 Å². The first-order chi connectivity index (χ1) is 15.7. The molecule has 0 atom stereocenters. The first-order valence-corrected chi connectivity index (χ1v) is 13.7. The zero-order chi connectivity index (χ0) is 22.9. The number of benzene rings is 1. The number of hydrogen-bond donors (Lipinski definition) is 1. The first-order valence-electron chi connectivity index (χ1n) is 11.2. The van der Waals surface area contributed by atoms with Crippen molar-refractivity contribution in [2.24, 2.45) is 0 Å². The van der Waals surface area contributed by atoms with Gasteiger partial charge in [0.25, 0.3) is 0 Å². The number of ether oxygens (including phenoxy) is 6. The van der Waals surface area contributed by atoms with E-state index >= 15 is 0 Å². The third kappa shape index (κ3) is 11.0. The van der Waals surface area contributed by atoms with Crippen LogP contribution in [0.4, 0.5) is 5.69 Å². The van der Waals surface area contributed by atoms with Crippen molar-refractivity contribution in [1.82, 2.24) is 0 Å². The van der Waals surface area contributed by atoms with Crippen molar-refractivity contribution in [1.29, 1.82) is 0 Å². The van der Waals surface area contributed by atoms with Gasteiger partial charge in [0.2, 0.25) is 0 Å². The van der Waals surface area contributed by atoms with Gasteiger partial charge >= 0.3 is 8.56 Å². The molecule has 10 heteroatoms. The summed E-state index contributed by atoms with van der Waals surface area (Å²) < 4.78 is 44.9. The van der Waals surface area contributed by atoms with Crippen LogP contribution in [0.1, 0.15) is 6.42 Å². The largest absolute Gasteiger partial charge is 0.487 e. The smallest absolute Gasteiger partial charge is 0.334 e. The molecule has 0 spiro atoms. The summed E-state index contributed by atoms with van der Waals surface area (Å²) in [7, 11) is 1.40. The predicted molar refractivity (Wildman–Crippen MR) is 124 cm³/mol. The Balaban J connectivity index is 1.88. The zero-order valence-electron chi connectivity index (χ0n) is 19.7. The molecule has 2 rings (SSSR count). The van der Waals surface area contributed by atoms with E-state index in [1.165, 1.54) is 0 Å². The molecule has 0 amide bonds. The Morgan fingerprint density at radius 3 is 1.78 bits per heavy atom. The predicted octanol–water partition coefficient (Wildman–Crippen LogP) is 2.69. The lowest BCUT2D eigenvalue weighted by atomic mass is 10.2. The Morgan fingerprint density at radius 2 is 1.25 bits per heavy atom. The van der Waals surface area contributed by atoms with Crippen LogP contribution in [0.2, 0.25) is 12.6 Å². The monoisotopic (exact) mass is 473 g/mol. The molecule has 184 valence electrons. The van der Waals surface area contributed by atoms with Crippen molar-refractivity contribution >= 4 is 14.2 Å². The Hall–Kier alpha value is -1.40. The summed E-state index contributed by atoms with van der Waals surface area (Å²) in [6.45, 7) is 7.88. The van der Waals surface area contributed by atoms with E-state index in [9.17, 15) is 0 Å². The van der Waals surface area contributed by atoms with Crippen LogP contribution in [0.3, 0.4) is 0 Å². The number of anilines is 1. The number of hydrogen-bond acceptors (Lipinski definition) is 9. The summed E-state index contributed by atoms with van der Waals surface area (Å²) >= 11 is 0. The average molecular weight is 474 g/mol. The van der Waals surface area contributed by atoms with Crippen LogP contribution in [0.25, 0.3) is 0 Å². The van der Waals surface area contributed by atoms with Gasteiger partial charge in [0.1, 0.15) is 13.2 Å². The summed E-state index contributed by atoms with van der Waals surface area (Å²) in [6.07, 6.45) is 0.954. The number of fused-ring (bicyclic) bond motifs is 1. The summed E-state index contributed by atoms with van der Waals surface area (Å²) in [4.78, 5) is 0. The van der Waals surface area contributed by atoms with Crippen LogP contribution >= 0.6 is 0 Å². The molecule has 0 bridgehead atoms. The van der Waals surface area contributed by atoms with Crippen LogP contribution in [0.15, 0.2) is 18.2 Å². The van der Waals surface area contributed by atoms with Crippen LogP contribution in [-0.4, -0.2) is 95.4 Å². The number of rotatable bonds is 7. The van der Waals surface area contributed by atoms with Crippen molar-refractivity contribution in [2.75, 3.05) is 92.1 Å². The topological polar surface area (TPSA) is 85.9 Å². The van der Waals surface area contributed by atoms with Gasteiger partial charge < -0.3 is 42.6 Å². The molecule has 0 aromatic heterocycles. The van der Waals surface area contributed by atoms with Gasteiger partial charge in [0.05, 0.1) is 52.9 Å². The van der Waals surface area contributed by atoms with Gasteiger partial charge in [-0.2, -0.15) is 0 Å². The third-order valence-electron chi connectivity index (χ3n) is 5.03. The maximum atomic E-state index is 5.94. The molecule has 0 saturated carbocycles. The van der Waals surface area contributed by atoms with E-state index in [0.29, 0.717) is 77.6 Å². The van der Waals surface area contributed by atoms with Gasteiger partial charge in [0, 0.05) is 32.5 Å². The Morgan fingerprint density at radius 1 is 0.750 bits per heavy atom. The Bertz CT molecular complexity index is 618. The van der Waals surface area contributed by atoms with Crippen molar-refractivity contribution in [3.63, 3.8) is 0 Å². The van der Waals surface area contributed by atoms with E-state index in [0.717, 1.165) is 24.7 Å². The summed E-state index contributed by atoms with van der Waals surface area (Å²) in [5, 5.41) is 3.44. The standard InChI is InChI=1S/C22H39NO8Si/c1-24-32(3,25-2)18-4-7-23-20-5-6-21-22(19-20)31-17-15-29-13-11-27-9-8-26-10-12-28-14-16-30-21/h5-6,19,23H,4,7-18H2,1-3H3. The highest BCUT2D eigenvalue weighted by Gasteiger charge is 2.27. The summed E-state index contributed by atoms with van der Waals surface area (Å²) in [6, 6.07) is 6.77. The molecule has 1 aromatic carbocycles. The zero-order valence-corrected chi connectivity index (χ0v) is 20.7. The van der Waals surface area contributed by atoms with Crippen molar-refractivity contribution in [3.8, 4) is 11.5 Å². The molecule has 32 heavy (non-hydrogen) atoms. The van der Waals surface area contributed by atoms with E-state index < -0.39 is 8.56 Å². The normalized spacial score (nSPS) is 17.8. The summed E-state index contributed by atoms with van der Waals surface area (Å²) in [5.41, 5.74) is 0.968. The maximum Gasteiger partial charge on any atom is 0.334 e. The van der Waals surface area contributed by atoms with Crippen molar-refractivity contribution in [3.05, 3.63) is 18.2 Å². The molecule has 0 unspecified atom stereocenters. The molecule has 1 N–H and O–H groups in total. The van der Waals surface area contributed by atoms with Gasteiger partial charge in [-0.15, -0.1) is 0 Å². The fourth-order valence-corrected chi connectivity index (χ4v) is 4.36. The molecule has 1 aromatic rings. The maximum absolute atomic E-state index is 5.94. The molecular weight excluding hydrogens is 434 g/mol. The summed E-state index contributed by atoms with van der Waals surface area (Å²) in [5.74, 6) is 1.35. The lowest BCUT2D eigenvalue weighted by Gasteiger charge is -2.22. The van der Waals surface area contributed by atoms with E-state index in [-0.39, 0.29) is 0 Å². The molecular formula is C22H39NO8Si. The molecule has 0 aliphatic carbocycles.